The van der Waals surface area contributed by atoms with E-state index >= 15 is 0 Å². The number of hydrogen-bond donors (Lipinski definition) is 0. The van der Waals surface area contributed by atoms with Gasteiger partial charge in [0, 0.05) is 7.05 Å². The second-order valence-electron chi connectivity index (χ2n) is 4.92. The first-order chi connectivity index (χ1) is 9.78. The van der Waals surface area contributed by atoms with Gasteiger partial charge in [0.15, 0.2) is 6.67 Å². The van der Waals surface area contributed by atoms with Gasteiger partial charge in [-0.1, -0.05) is 13.3 Å². The molecule has 0 spiro atoms. The zero-order chi connectivity index (χ0) is 17.4. The molecule has 1 unspecified atom stereocenters. The lowest BCUT2D eigenvalue weighted by atomic mass is 10.3. The van der Waals surface area contributed by atoms with E-state index < -0.39 is 44.1 Å². The van der Waals surface area contributed by atoms with Crippen molar-refractivity contribution in [3.63, 3.8) is 0 Å². The molecule has 0 radical (unpaired) electrons. The summed E-state index contributed by atoms with van der Waals surface area (Å²) in [5, 5.41) is 0. The lowest BCUT2D eigenvalue weighted by molar-refractivity contribution is -0.992. The normalized spacial score (nSPS) is 23.6. The van der Waals surface area contributed by atoms with Crippen molar-refractivity contribution in [1.82, 2.24) is 9.31 Å². The van der Waals surface area contributed by atoms with Crippen LogP contribution in [0.25, 0.3) is 0 Å². The topological polar surface area (TPSA) is 40.6 Å². The summed E-state index contributed by atoms with van der Waals surface area (Å²) >= 11 is 0. The summed E-state index contributed by atoms with van der Waals surface area (Å²) < 4.78 is 97.6. The van der Waals surface area contributed by atoms with Crippen LogP contribution in [-0.2, 0) is 10.0 Å². The maximum Gasteiger partial charge on any atom is 0.519 e. The maximum atomic E-state index is 13.2. The smallest absolute Gasteiger partial charge is 0.328 e. The van der Waals surface area contributed by atoms with Crippen LogP contribution in [-0.4, -0.2) is 54.4 Å². The van der Waals surface area contributed by atoms with E-state index in [0.717, 1.165) is 12.4 Å². The second-order valence-corrected chi connectivity index (χ2v) is 6.68. The van der Waals surface area contributed by atoms with Crippen LogP contribution in [0.3, 0.4) is 0 Å². The molecule has 0 aromatic heterocycles. The molecule has 0 fully saturated rings. The van der Waals surface area contributed by atoms with Gasteiger partial charge in [-0.25, -0.2) is 0 Å². The number of halogens is 6. The predicted molar refractivity (Wildman–Crippen MR) is 64.7 cm³/mol. The monoisotopic (exact) mass is 356 g/mol. The highest BCUT2D eigenvalue weighted by atomic mass is 32.2. The molecular formula is C10H16F6N3O2S+. The summed E-state index contributed by atoms with van der Waals surface area (Å²) in [7, 11) is -5.24. The van der Waals surface area contributed by atoms with Gasteiger partial charge in [-0.15, -0.1) is 0 Å². The van der Waals surface area contributed by atoms with Crippen molar-refractivity contribution in [2.45, 2.75) is 31.6 Å². The molecular weight excluding hydrogens is 340 g/mol. The third kappa shape index (κ3) is 3.49. The molecule has 0 saturated heterocycles. The molecule has 0 saturated carbocycles. The highest BCUT2D eigenvalue weighted by Gasteiger charge is 2.68. The molecule has 0 amide bonds. The van der Waals surface area contributed by atoms with Gasteiger partial charge < -0.3 is 4.90 Å². The van der Waals surface area contributed by atoms with Crippen LogP contribution in [0.4, 0.5) is 26.3 Å². The van der Waals surface area contributed by atoms with Crippen molar-refractivity contribution >= 4 is 10.0 Å². The maximum absolute atomic E-state index is 13.2. The van der Waals surface area contributed by atoms with Crippen molar-refractivity contribution in [2.75, 3.05) is 20.3 Å². The molecule has 0 aliphatic carbocycles. The summed E-state index contributed by atoms with van der Waals surface area (Å²) in [5.74, 6) is 0. The minimum Gasteiger partial charge on any atom is -0.328 e. The van der Waals surface area contributed by atoms with Crippen molar-refractivity contribution in [3.05, 3.63) is 12.4 Å². The first kappa shape index (κ1) is 19.0. The summed E-state index contributed by atoms with van der Waals surface area (Å²) in [6, 6.07) is 0. The van der Waals surface area contributed by atoms with Gasteiger partial charge in [-0.05, 0) is 6.42 Å². The summed E-state index contributed by atoms with van der Waals surface area (Å²) in [6.45, 7) is 0.650. The van der Waals surface area contributed by atoms with E-state index in [0.29, 0.717) is 6.42 Å². The van der Waals surface area contributed by atoms with E-state index in [4.69, 9.17) is 0 Å². The van der Waals surface area contributed by atoms with Crippen molar-refractivity contribution < 1.29 is 39.4 Å². The number of unbranched alkanes of at least 4 members (excludes halogenated alkanes) is 1. The molecule has 0 N–H and O–H groups in total. The molecule has 22 heavy (non-hydrogen) atoms. The number of quaternary nitrogens is 1. The minimum atomic E-state index is -6.59. The van der Waals surface area contributed by atoms with Gasteiger partial charge >= 0.3 is 21.8 Å². The molecule has 1 atom stereocenters. The number of hydrogen-bond acceptors (Lipinski definition) is 3. The molecule has 0 aromatic rings. The van der Waals surface area contributed by atoms with E-state index in [-0.39, 0.29) is 6.42 Å². The Labute approximate surface area is 124 Å². The quantitative estimate of drug-likeness (QED) is 0.432. The van der Waals surface area contributed by atoms with Crippen LogP contribution in [0.15, 0.2) is 12.4 Å². The zero-order valence-corrected chi connectivity index (χ0v) is 12.6. The van der Waals surface area contributed by atoms with E-state index in [1.54, 1.807) is 6.92 Å². The zero-order valence-electron chi connectivity index (χ0n) is 11.8. The van der Waals surface area contributed by atoms with Crippen molar-refractivity contribution in [3.8, 4) is 0 Å². The second kappa shape index (κ2) is 5.89. The van der Waals surface area contributed by atoms with Crippen molar-refractivity contribution in [2.24, 2.45) is 0 Å². The highest BCUT2D eigenvalue weighted by molar-refractivity contribution is 7.89. The standard InChI is InChI=1S/C10H16F6N3O2S/c1-3-4-6-19(7-5-17(2)8-19)18(9(11,12)13)22(20,21)10(14,15)16/h5,7H,3-4,6,8H2,1-2H3/q+1. The van der Waals surface area contributed by atoms with Crippen LogP contribution in [0.1, 0.15) is 19.8 Å². The van der Waals surface area contributed by atoms with E-state index in [9.17, 15) is 34.8 Å². The Bertz CT molecular complexity index is 530. The van der Waals surface area contributed by atoms with Crippen LogP contribution >= 0.6 is 0 Å². The van der Waals surface area contributed by atoms with E-state index in [1.165, 1.54) is 11.9 Å². The molecule has 130 valence electrons. The van der Waals surface area contributed by atoms with Crippen LogP contribution < -0.4 is 0 Å². The molecule has 0 bridgehead atoms. The van der Waals surface area contributed by atoms with Gasteiger partial charge in [0.25, 0.3) is 0 Å². The molecule has 1 aliphatic heterocycles. The first-order valence-corrected chi connectivity index (χ1v) is 7.67. The van der Waals surface area contributed by atoms with Gasteiger partial charge in [0.2, 0.25) is 0 Å². The Hall–Kier alpha value is -1.01. The number of alkyl halides is 6. The molecule has 1 rings (SSSR count). The molecule has 12 heteroatoms. The predicted octanol–water partition coefficient (Wildman–Crippen LogP) is 2.56. The van der Waals surface area contributed by atoms with Crippen LogP contribution in [0.5, 0.6) is 0 Å². The van der Waals surface area contributed by atoms with Gasteiger partial charge in [0.1, 0.15) is 12.7 Å². The minimum absolute atomic E-state index is 0.123. The fourth-order valence-electron chi connectivity index (χ4n) is 2.18. The van der Waals surface area contributed by atoms with Gasteiger partial charge in [0.05, 0.1) is 10.6 Å². The summed E-state index contributed by atoms with van der Waals surface area (Å²) in [6.07, 6.45) is -3.25. The third-order valence-corrected chi connectivity index (χ3v) is 4.64. The Kier molecular flexibility index (Phi) is 5.10. The number of nitrogens with zero attached hydrogens (tertiary/aromatic N) is 3. The first-order valence-electron chi connectivity index (χ1n) is 6.23. The van der Waals surface area contributed by atoms with Gasteiger partial charge in [-0.2, -0.15) is 39.4 Å². The third-order valence-electron chi connectivity index (χ3n) is 3.06. The summed E-state index contributed by atoms with van der Waals surface area (Å²) in [5.41, 5.74) is -6.05. The SMILES string of the molecule is CCCC[N+]1(N(C(F)(F)F)S(=O)(=O)C(F)(F)F)C=CN(C)C1. The van der Waals surface area contributed by atoms with Crippen molar-refractivity contribution in [1.29, 1.82) is 0 Å². The van der Waals surface area contributed by atoms with E-state index in [1.807, 2.05) is 0 Å². The largest absolute Gasteiger partial charge is 0.519 e. The fraction of sp³-hybridized carbons (Fsp3) is 0.800. The Morgan fingerprint density at radius 2 is 1.77 bits per heavy atom. The average molecular weight is 356 g/mol. The molecule has 0 aromatic carbocycles. The lowest BCUT2D eigenvalue weighted by Crippen LogP contribution is -2.66. The van der Waals surface area contributed by atoms with Crippen LogP contribution in [0, 0.1) is 0 Å². The number of rotatable bonds is 5. The Morgan fingerprint density at radius 3 is 2.09 bits per heavy atom. The lowest BCUT2D eigenvalue weighted by Gasteiger charge is -2.39. The fourth-order valence-corrected chi connectivity index (χ4v) is 3.26. The molecule has 1 aliphatic rings. The molecule has 1 heterocycles. The summed E-state index contributed by atoms with van der Waals surface area (Å²) in [4.78, 5) is 1.19. The highest BCUT2D eigenvalue weighted by Crippen LogP contribution is 2.41. The Morgan fingerprint density at radius 1 is 1.23 bits per heavy atom. The Balaban J connectivity index is 3.46. The van der Waals surface area contributed by atoms with E-state index in [2.05, 4.69) is 0 Å². The molecule has 5 nitrogen and oxygen atoms in total. The average Bonchev–Trinajstić information content (AvgIpc) is 2.65. The van der Waals surface area contributed by atoms with Crippen LogP contribution in [0.2, 0.25) is 0 Å². The van der Waals surface area contributed by atoms with Gasteiger partial charge in [-0.3, -0.25) is 0 Å². The number of sulfonamides is 1.